The number of hydrogen-bond donors (Lipinski definition) is 1. The summed E-state index contributed by atoms with van der Waals surface area (Å²) in [4.78, 5) is 18.7. The van der Waals surface area contributed by atoms with Gasteiger partial charge in [0.2, 0.25) is 0 Å². The number of amides is 1. The Labute approximate surface area is 208 Å². The van der Waals surface area contributed by atoms with Crippen molar-refractivity contribution in [1.82, 2.24) is 4.98 Å². The summed E-state index contributed by atoms with van der Waals surface area (Å²) in [5.41, 5.74) is 3.90. The second-order valence-electron chi connectivity index (χ2n) is 8.67. The number of aromatic nitrogens is 1. The summed E-state index contributed by atoms with van der Waals surface area (Å²) in [7, 11) is 0. The average Bonchev–Trinajstić information content (AvgIpc) is 3.47. The highest BCUT2D eigenvalue weighted by molar-refractivity contribution is 7.15. The van der Waals surface area contributed by atoms with Gasteiger partial charge in [-0.15, -0.1) is 11.3 Å². The fraction of sp³-hybridized carbons (Fsp3) is 0.172. The molecule has 0 bridgehead atoms. The summed E-state index contributed by atoms with van der Waals surface area (Å²) < 4.78 is 11.9. The highest BCUT2D eigenvalue weighted by Crippen LogP contribution is 2.29. The number of carbonyl (C=O) groups excluding carboxylic acids is 1. The lowest BCUT2D eigenvalue weighted by atomic mass is 10.0. The maximum Gasteiger partial charge on any atom is 0.293 e. The first-order valence-electron chi connectivity index (χ1n) is 11.6. The summed E-state index contributed by atoms with van der Waals surface area (Å²) in [6, 6.07) is 25.8. The average molecular weight is 483 g/mol. The minimum atomic E-state index is -0.338. The van der Waals surface area contributed by atoms with Gasteiger partial charge in [-0.25, -0.2) is 4.98 Å². The Bertz CT molecular complexity index is 1440. The van der Waals surface area contributed by atoms with Gasteiger partial charge in [0.05, 0.1) is 0 Å². The number of para-hydroxylation sites is 2. The lowest BCUT2D eigenvalue weighted by Gasteiger charge is -2.07. The van der Waals surface area contributed by atoms with Gasteiger partial charge < -0.3 is 9.15 Å². The van der Waals surface area contributed by atoms with Crippen LogP contribution in [0.3, 0.4) is 0 Å². The van der Waals surface area contributed by atoms with Crippen LogP contribution in [0.1, 0.15) is 51.9 Å². The smallest absolute Gasteiger partial charge is 0.293 e. The van der Waals surface area contributed by atoms with E-state index in [9.17, 15) is 4.79 Å². The number of fused-ring (bicyclic) bond motifs is 1. The quantitative estimate of drug-likeness (QED) is 0.250. The maximum absolute atomic E-state index is 13.2. The monoisotopic (exact) mass is 482 g/mol. The SMILES string of the molecule is CC(C)c1ccc(Cc2cnc(NC(=O)c3oc4ccccc4c3COc3ccccc3)s2)cc1. The minimum Gasteiger partial charge on any atom is -0.489 e. The number of nitrogens with zero attached hydrogens (tertiary/aromatic N) is 1. The fourth-order valence-electron chi connectivity index (χ4n) is 3.92. The van der Waals surface area contributed by atoms with Gasteiger partial charge in [-0.1, -0.05) is 74.5 Å². The van der Waals surface area contributed by atoms with Gasteiger partial charge in [-0.05, 0) is 35.2 Å². The molecule has 0 aliphatic rings. The van der Waals surface area contributed by atoms with Crippen molar-refractivity contribution in [2.75, 3.05) is 5.32 Å². The summed E-state index contributed by atoms with van der Waals surface area (Å²) in [5, 5.41) is 4.31. The Balaban J connectivity index is 1.32. The van der Waals surface area contributed by atoms with E-state index in [1.807, 2.05) is 60.8 Å². The van der Waals surface area contributed by atoms with Crippen LogP contribution in [0.15, 0.2) is 89.5 Å². The molecule has 5 aromatic rings. The van der Waals surface area contributed by atoms with Crippen molar-refractivity contribution in [3.63, 3.8) is 0 Å². The Morgan fingerprint density at radius 1 is 1.00 bits per heavy atom. The zero-order chi connectivity index (χ0) is 24.2. The largest absolute Gasteiger partial charge is 0.489 e. The molecule has 0 unspecified atom stereocenters. The molecule has 0 radical (unpaired) electrons. The molecular formula is C29H26N2O3S. The second kappa shape index (κ2) is 10.2. The Kier molecular flexibility index (Phi) is 6.64. The second-order valence-corrected chi connectivity index (χ2v) is 9.78. The third-order valence-corrected chi connectivity index (χ3v) is 6.74. The number of thiazole rings is 1. The molecule has 2 aromatic heterocycles. The van der Waals surface area contributed by atoms with Gasteiger partial charge >= 0.3 is 0 Å². The maximum atomic E-state index is 13.2. The van der Waals surface area contributed by atoms with Crippen molar-refractivity contribution >= 4 is 33.3 Å². The number of anilines is 1. The molecule has 5 nitrogen and oxygen atoms in total. The van der Waals surface area contributed by atoms with Crippen molar-refractivity contribution in [2.24, 2.45) is 0 Å². The fourth-order valence-corrected chi connectivity index (χ4v) is 4.76. The number of benzene rings is 3. The summed E-state index contributed by atoms with van der Waals surface area (Å²) in [5.74, 6) is 1.14. The Morgan fingerprint density at radius 3 is 2.51 bits per heavy atom. The van der Waals surface area contributed by atoms with E-state index in [1.165, 1.54) is 22.5 Å². The predicted octanol–water partition coefficient (Wildman–Crippen LogP) is 7.43. The van der Waals surface area contributed by atoms with Crippen LogP contribution >= 0.6 is 11.3 Å². The molecular weight excluding hydrogens is 456 g/mol. The van der Waals surface area contributed by atoms with Crippen LogP contribution in [0.25, 0.3) is 11.0 Å². The van der Waals surface area contributed by atoms with E-state index in [0.29, 0.717) is 22.2 Å². The molecule has 0 atom stereocenters. The van der Waals surface area contributed by atoms with Crippen LogP contribution in [0, 0.1) is 0 Å². The van der Waals surface area contributed by atoms with Crippen LogP contribution in [0.2, 0.25) is 0 Å². The molecule has 176 valence electrons. The van der Waals surface area contributed by atoms with E-state index in [1.54, 1.807) is 0 Å². The molecule has 0 saturated carbocycles. The number of hydrogen-bond acceptors (Lipinski definition) is 5. The van der Waals surface area contributed by atoms with Gasteiger partial charge in [0, 0.05) is 28.4 Å². The van der Waals surface area contributed by atoms with E-state index < -0.39 is 0 Å². The van der Waals surface area contributed by atoms with Crippen LogP contribution in [-0.2, 0) is 13.0 Å². The van der Waals surface area contributed by atoms with Crippen LogP contribution in [0.4, 0.5) is 5.13 Å². The van der Waals surface area contributed by atoms with Crippen molar-refractivity contribution < 1.29 is 13.9 Å². The van der Waals surface area contributed by atoms with Crippen LogP contribution < -0.4 is 10.1 Å². The first-order valence-corrected chi connectivity index (χ1v) is 12.4. The van der Waals surface area contributed by atoms with E-state index >= 15 is 0 Å². The third-order valence-electron chi connectivity index (χ3n) is 5.83. The topological polar surface area (TPSA) is 64.4 Å². The van der Waals surface area contributed by atoms with Gasteiger partial charge in [-0.3, -0.25) is 10.1 Å². The first-order chi connectivity index (χ1) is 17.1. The van der Waals surface area contributed by atoms with E-state index in [-0.39, 0.29) is 18.3 Å². The number of ether oxygens (including phenoxy) is 1. The van der Waals surface area contributed by atoms with Crippen molar-refractivity contribution in [2.45, 2.75) is 32.8 Å². The zero-order valence-electron chi connectivity index (χ0n) is 19.7. The van der Waals surface area contributed by atoms with Crippen molar-refractivity contribution in [3.8, 4) is 5.75 Å². The summed E-state index contributed by atoms with van der Waals surface area (Å²) in [6.07, 6.45) is 2.58. The molecule has 0 saturated heterocycles. The molecule has 2 heterocycles. The van der Waals surface area contributed by atoms with Gasteiger partial charge in [-0.2, -0.15) is 0 Å². The van der Waals surface area contributed by atoms with Gasteiger partial charge in [0.1, 0.15) is 17.9 Å². The highest BCUT2D eigenvalue weighted by Gasteiger charge is 2.22. The zero-order valence-corrected chi connectivity index (χ0v) is 20.5. The molecule has 0 spiro atoms. The standard InChI is InChI=1S/C29H26N2O3S/c1-19(2)21-14-12-20(13-15-21)16-23-17-30-29(35-23)31-28(32)27-25(18-33-22-8-4-3-5-9-22)24-10-6-7-11-26(24)34-27/h3-15,17,19H,16,18H2,1-2H3,(H,30,31,32). The Morgan fingerprint density at radius 2 is 1.74 bits per heavy atom. The third kappa shape index (κ3) is 5.28. The minimum absolute atomic E-state index is 0.221. The number of furan rings is 1. The molecule has 35 heavy (non-hydrogen) atoms. The molecule has 0 fully saturated rings. The van der Waals surface area contributed by atoms with Gasteiger partial charge in [0.15, 0.2) is 10.9 Å². The number of carbonyl (C=O) groups is 1. The van der Waals surface area contributed by atoms with Crippen molar-refractivity contribution in [1.29, 1.82) is 0 Å². The molecule has 3 aromatic carbocycles. The molecule has 0 aliphatic carbocycles. The molecule has 1 N–H and O–H groups in total. The van der Waals surface area contributed by atoms with E-state index in [4.69, 9.17) is 9.15 Å². The van der Waals surface area contributed by atoms with Crippen molar-refractivity contribution in [3.05, 3.63) is 112 Å². The van der Waals surface area contributed by atoms with E-state index in [0.717, 1.165) is 22.4 Å². The molecule has 6 heteroatoms. The highest BCUT2D eigenvalue weighted by atomic mass is 32.1. The normalized spacial score (nSPS) is 11.2. The predicted molar refractivity (Wildman–Crippen MR) is 140 cm³/mol. The van der Waals surface area contributed by atoms with Crippen LogP contribution in [-0.4, -0.2) is 10.9 Å². The first kappa shape index (κ1) is 22.9. The lowest BCUT2D eigenvalue weighted by molar-refractivity contribution is 0.0995. The van der Waals surface area contributed by atoms with E-state index in [2.05, 4.69) is 48.4 Å². The lowest BCUT2D eigenvalue weighted by Crippen LogP contribution is -2.13. The van der Waals surface area contributed by atoms with Gasteiger partial charge in [0.25, 0.3) is 5.91 Å². The molecule has 0 aliphatic heterocycles. The molecule has 5 rings (SSSR count). The Hall–Kier alpha value is -3.90. The van der Waals surface area contributed by atoms with Crippen LogP contribution in [0.5, 0.6) is 5.75 Å². The molecule has 1 amide bonds. The number of nitrogens with one attached hydrogen (secondary N) is 1. The summed E-state index contributed by atoms with van der Waals surface area (Å²) >= 11 is 1.47. The number of rotatable bonds is 8. The summed E-state index contributed by atoms with van der Waals surface area (Å²) in [6.45, 7) is 4.60.